The molecular weight excluding hydrogens is 300 g/mol. The summed E-state index contributed by atoms with van der Waals surface area (Å²) >= 11 is 9.10. The Morgan fingerprint density at radius 3 is 2.65 bits per heavy atom. The largest absolute Gasteiger partial charge is 0.489 e. The summed E-state index contributed by atoms with van der Waals surface area (Å²) < 4.78 is 6.68. The van der Waals surface area contributed by atoms with Crippen LogP contribution in [-0.4, -0.2) is 12.5 Å². The summed E-state index contributed by atoms with van der Waals surface area (Å²) in [7, 11) is 0. The minimum absolute atomic E-state index is 0.431. The van der Waals surface area contributed by atoms with E-state index in [-0.39, 0.29) is 0 Å². The highest BCUT2D eigenvalue weighted by Gasteiger charge is 1.99. The van der Waals surface area contributed by atoms with Crippen LogP contribution in [0.4, 0.5) is 0 Å². The van der Waals surface area contributed by atoms with Gasteiger partial charge in [0, 0.05) is 10.4 Å². The molecule has 88 valence electrons. The fourth-order valence-electron chi connectivity index (χ4n) is 1.51. The molecule has 1 nitrogen and oxygen atoms in total. The number of rotatable bonds is 4. The highest BCUT2D eigenvalue weighted by molar-refractivity contribution is 9.10. The number of alkyl halides is 1. The van der Waals surface area contributed by atoms with Gasteiger partial charge in [-0.1, -0.05) is 34.6 Å². The number of fused-ring (bicyclic) bond motifs is 1. The Kier molecular flexibility index (Phi) is 4.08. The lowest BCUT2D eigenvalue weighted by molar-refractivity contribution is 0.353. The molecule has 2 aromatic carbocycles. The highest BCUT2D eigenvalue weighted by Crippen LogP contribution is 2.24. The van der Waals surface area contributed by atoms with Gasteiger partial charge in [0.05, 0.1) is 0 Å². The van der Waals surface area contributed by atoms with Crippen LogP contribution in [0.5, 0.6) is 5.75 Å². The second kappa shape index (κ2) is 5.56. The first-order valence-electron chi connectivity index (χ1n) is 5.24. The molecule has 0 N–H and O–H groups in total. The third kappa shape index (κ3) is 3.24. The van der Waals surface area contributed by atoms with E-state index in [0.717, 1.165) is 21.2 Å². The van der Waals surface area contributed by atoms with Crippen molar-refractivity contribution in [2.24, 2.45) is 0 Å². The zero-order valence-corrected chi connectivity index (χ0v) is 11.6. The van der Waals surface area contributed by atoms with Crippen LogP contribution in [0.15, 0.2) is 53.0 Å². The van der Waals surface area contributed by atoms with Crippen LogP contribution in [0.1, 0.15) is 0 Å². The molecule has 0 aliphatic rings. The number of halogens is 2. The van der Waals surface area contributed by atoms with Crippen LogP contribution in [0, 0.1) is 0 Å². The van der Waals surface area contributed by atoms with Crippen molar-refractivity contribution in [3.8, 4) is 5.75 Å². The normalized spacial score (nSPS) is 10.5. The smallest absolute Gasteiger partial charge is 0.120 e. The molecule has 0 atom stereocenters. The summed E-state index contributed by atoms with van der Waals surface area (Å²) in [5, 5.41) is 2.34. The maximum atomic E-state index is 5.65. The van der Waals surface area contributed by atoms with Crippen LogP contribution < -0.4 is 4.74 Å². The summed E-state index contributed by atoms with van der Waals surface area (Å²) in [6.45, 7) is 4.26. The van der Waals surface area contributed by atoms with Gasteiger partial charge in [-0.25, -0.2) is 0 Å². The van der Waals surface area contributed by atoms with Crippen LogP contribution in [0.3, 0.4) is 0 Å². The van der Waals surface area contributed by atoms with Gasteiger partial charge in [-0.2, -0.15) is 0 Å². The maximum absolute atomic E-state index is 5.65. The van der Waals surface area contributed by atoms with E-state index in [4.69, 9.17) is 16.3 Å². The number of ether oxygens (including phenoxy) is 1. The van der Waals surface area contributed by atoms with Gasteiger partial charge in [0.2, 0.25) is 0 Å². The highest BCUT2D eigenvalue weighted by atomic mass is 79.9. The van der Waals surface area contributed by atoms with Crippen molar-refractivity contribution in [1.29, 1.82) is 0 Å². The summed E-state index contributed by atoms with van der Waals surface area (Å²) in [4.78, 5) is 0. The van der Waals surface area contributed by atoms with Gasteiger partial charge in [0.1, 0.15) is 12.4 Å². The molecule has 0 fully saturated rings. The molecule has 0 aromatic heterocycles. The molecule has 0 saturated heterocycles. The van der Waals surface area contributed by atoms with E-state index in [0.29, 0.717) is 12.5 Å². The lowest BCUT2D eigenvalue weighted by atomic mass is 10.1. The van der Waals surface area contributed by atoms with Crippen molar-refractivity contribution >= 4 is 38.3 Å². The zero-order valence-electron chi connectivity index (χ0n) is 9.25. The van der Waals surface area contributed by atoms with Crippen LogP contribution in [-0.2, 0) is 0 Å². The van der Waals surface area contributed by atoms with Gasteiger partial charge in [-0.3, -0.25) is 0 Å². The zero-order chi connectivity index (χ0) is 12.3. The Morgan fingerprint density at radius 1 is 1.18 bits per heavy atom. The molecule has 3 heteroatoms. The van der Waals surface area contributed by atoms with Gasteiger partial charge >= 0.3 is 0 Å². The molecule has 0 amide bonds. The Labute approximate surface area is 114 Å². The molecule has 2 aromatic rings. The molecule has 0 saturated carbocycles. The van der Waals surface area contributed by atoms with E-state index in [1.165, 1.54) is 5.39 Å². The fraction of sp³-hybridized carbons (Fsp3) is 0.143. The van der Waals surface area contributed by atoms with Crippen molar-refractivity contribution < 1.29 is 4.74 Å². The van der Waals surface area contributed by atoms with Gasteiger partial charge < -0.3 is 4.74 Å². The molecule has 0 heterocycles. The first kappa shape index (κ1) is 12.5. The van der Waals surface area contributed by atoms with Crippen LogP contribution in [0.25, 0.3) is 10.8 Å². The predicted molar refractivity (Wildman–Crippen MR) is 77.0 cm³/mol. The first-order chi connectivity index (χ1) is 8.19. The lowest BCUT2D eigenvalue weighted by Gasteiger charge is -2.07. The van der Waals surface area contributed by atoms with Crippen molar-refractivity contribution in [3.63, 3.8) is 0 Å². The molecule has 0 aliphatic carbocycles. The van der Waals surface area contributed by atoms with Gasteiger partial charge in [0.25, 0.3) is 0 Å². The second-order valence-electron chi connectivity index (χ2n) is 3.83. The van der Waals surface area contributed by atoms with E-state index in [1.54, 1.807) is 0 Å². The van der Waals surface area contributed by atoms with Crippen molar-refractivity contribution in [1.82, 2.24) is 0 Å². The predicted octanol–water partition coefficient (Wildman–Crippen LogP) is 4.78. The van der Waals surface area contributed by atoms with Crippen molar-refractivity contribution in [3.05, 3.63) is 53.0 Å². The summed E-state index contributed by atoms with van der Waals surface area (Å²) in [5.74, 6) is 1.27. The van der Waals surface area contributed by atoms with Crippen molar-refractivity contribution in [2.75, 3.05) is 12.5 Å². The standard InChI is InChI=1S/C14H12BrClO/c1-10(8-16)9-17-14-5-3-11-6-13(15)4-2-12(11)7-14/h2-7H,1,8-9H2. The molecule has 0 radical (unpaired) electrons. The third-order valence-corrected chi connectivity index (χ3v) is 3.28. The minimum atomic E-state index is 0.431. The van der Waals surface area contributed by atoms with E-state index in [2.05, 4.69) is 34.6 Å². The Hall–Kier alpha value is -0.990. The summed E-state index contributed by atoms with van der Waals surface area (Å²) in [6.07, 6.45) is 0. The van der Waals surface area contributed by atoms with E-state index >= 15 is 0 Å². The average Bonchev–Trinajstić information content (AvgIpc) is 2.35. The van der Waals surface area contributed by atoms with Crippen LogP contribution >= 0.6 is 27.5 Å². The molecule has 0 aliphatic heterocycles. The van der Waals surface area contributed by atoms with E-state index < -0.39 is 0 Å². The Morgan fingerprint density at radius 2 is 1.88 bits per heavy atom. The topological polar surface area (TPSA) is 9.23 Å². The SMILES string of the molecule is C=C(CCl)COc1ccc2cc(Br)ccc2c1. The van der Waals surface area contributed by atoms with Crippen molar-refractivity contribution in [2.45, 2.75) is 0 Å². The monoisotopic (exact) mass is 310 g/mol. The van der Waals surface area contributed by atoms with Gasteiger partial charge in [-0.05, 0) is 40.6 Å². The number of hydrogen-bond acceptors (Lipinski definition) is 1. The molecule has 0 spiro atoms. The Bertz CT molecular complexity index is 551. The van der Waals surface area contributed by atoms with E-state index in [1.807, 2.05) is 24.3 Å². The number of hydrogen-bond donors (Lipinski definition) is 0. The molecule has 2 rings (SSSR count). The first-order valence-corrected chi connectivity index (χ1v) is 6.56. The summed E-state index contributed by atoms with van der Waals surface area (Å²) in [6, 6.07) is 12.2. The van der Waals surface area contributed by atoms with E-state index in [9.17, 15) is 0 Å². The average molecular weight is 312 g/mol. The molecule has 17 heavy (non-hydrogen) atoms. The van der Waals surface area contributed by atoms with Gasteiger partial charge in [-0.15, -0.1) is 11.6 Å². The number of benzene rings is 2. The Balaban J connectivity index is 2.20. The minimum Gasteiger partial charge on any atom is -0.489 e. The lowest BCUT2D eigenvalue weighted by Crippen LogP contribution is -2.00. The third-order valence-electron chi connectivity index (χ3n) is 2.41. The van der Waals surface area contributed by atoms with Gasteiger partial charge in [0.15, 0.2) is 0 Å². The molecule has 0 unspecified atom stereocenters. The maximum Gasteiger partial charge on any atom is 0.120 e. The van der Waals surface area contributed by atoms with Crippen LogP contribution in [0.2, 0.25) is 0 Å². The molecule has 0 bridgehead atoms. The molecular formula is C14H12BrClO. The fourth-order valence-corrected chi connectivity index (χ4v) is 1.96. The second-order valence-corrected chi connectivity index (χ2v) is 5.01. The summed E-state index contributed by atoms with van der Waals surface area (Å²) in [5.41, 5.74) is 0.877. The quantitative estimate of drug-likeness (QED) is 0.583.